The number of carbonyl (C=O) groups excluding carboxylic acids is 1. The number of carbonyl (C=O) groups is 1. The fourth-order valence-corrected chi connectivity index (χ4v) is 6.73. The van der Waals surface area contributed by atoms with Crippen molar-refractivity contribution in [2.24, 2.45) is 0 Å². The van der Waals surface area contributed by atoms with E-state index in [0.717, 1.165) is 30.4 Å². The first-order valence-electron chi connectivity index (χ1n) is 11.4. The van der Waals surface area contributed by atoms with Crippen molar-refractivity contribution in [1.82, 2.24) is 4.90 Å². The Morgan fingerprint density at radius 1 is 1.03 bits per heavy atom. The Kier molecular flexibility index (Phi) is 10.2. The summed E-state index contributed by atoms with van der Waals surface area (Å²) in [5, 5.41) is 0. The van der Waals surface area contributed by atoms with Gasteiger partial charge < -0.3 is 9.64 Å². The molecule has 7 heteroatoms. The summed E-state index contributed by atoms with van der Waals surface area (Å²) >= 11 is 2.23. The lowest BCUT2D eigenvalue weighted by Gasteiger charge is -2.32. The fraction of sp³-hybridized carbons (Fsp3) is 0.500. The van der Waals surface area contributed by atoms with Crippen LogP contribution in [0.1, 0.15) is 64.1 Å². The molecule has 0 aliphatic rings. The summed E-state index contributed by atoms with van der Waals surface area (Å²) in [6.45, 7) is 10.1. The molecule has 0 heterocycles. The molecule has 2 atom stereocenters. The van der Waals surface area contributed by atoms with E-state index in [1.54, 1.807) is 17.0 Å². The van der Waals surface area contributed by atoms with E-state index in [0.29, 0.717) is 11.4 Å². The second-order valence-electron chi connectivity index (χ2n) is 9.45. The van der Waals surface area contributed by atoms with E-state index in [-0.39, 0.29) is 21.8 Å². The zero-order chi connectivity index (χ0) is 24.6. The molecule has 182 valence electrons. The SMILES string of the molecule is Cc1ccc(S(=O)(=O)CC(I)CCCCN(C(=O)OC(C)(C)C)[C@H](C)c2ccccc2)cc1. The van der Waals surface area contributed by atoms with Gasteiger partial charge in [-0.25, -0.2) is 13.2 Å². The van der Waals surface area contributed by atoms with Gasteiger partial charge in [0.25, 0.3) is 0 Å². The van der Waals surface area contributed by atoms with Crippen LogP contribution in [0.15, 0.2) is 59.5 Å². The first kappa shape index (κ1) is 27.6. The molecule has 0 N–H and O–H groups in total. The third kappa shape index (κ3) is 9.27. The number of halogens is 1. The molecule has 0 aromatic heterocycles. The Hall–Kier alpha value is -1.61. The van der Waals surface area contributed by atoms with Gasteiger partial charge >= 0.3 is 6.09 Å². The number of hydrogen-bond acceptors (Lipinski definition) is 4. The molecular formula is C26H36INO4S. The Bertz CT molecular complexity index is 985. The highest BCUT2D eigenvalue weighted by molar-refractivity contribution is 14.1. The number of rotatable bonds is 10. The summed E-state index contributed by atoms with van der Waals surface area (Å²) in [5.41, 5.74) is 1.53. The van der Waals surface area contributed by atoms with E-state index in [4.69, 9.17) is 4.74 Å². The lowest BCUT2D eigenvalue weighted by Crippen LogP contribution is -2.39. The summed E-state index contributed by atoms with van der Waals surface area (Å²) < 4.78 is 31.0. The second kappa shape index (κ2) is 12.2. The van der Waals surface area contributed by atoms with Crippen LogP contribution in [0.3, 0.4) is 0 Å². The van der Waals surface area contributed by atoms with Gasteiger partial charge in [0.2, 0.25) is 0 Å². The molecule has 0 bridgehead atoms. The highest BCUT2D eigenvalue weighted by atomic mass is 127. The predicted molar refractivity (Wildman–Crippen MR) is 143 cm³/mol. The van der Waals surface area contributed by atoms with Crippen molar-refractivity contribution < 1.29 is 17.9 Å². The largest absolute Gasteiger partial charge is 0.444 e. The smallest absolute Gasteiger partial charge is 0.410 e. The summed E-state index contributed by atoms with van der Waals surface area (Å²) in [6, 6.07) is 16.8. The maximum Gasteiger partial charge on any atom is 0.410 e. The molecule has 0 saturated carbocycles. The van der Waals surface area contributed by atoms with Gasteiger partial charge in [-0.05, 0) is 65.2 Å². The zero-order valence-electron chi connectivity index (χ0n) is 20.3. The van der Waals surface area contributed by atoms with E-state index in [2.05, 4.69) is 22.6 Å². The van der Waals surface area contributed by atoms with E-state index >= 15 is 0 Å². The highest BCUT2D eigenvalue weighted by Gasteiger charge is 2.27. The minimum atomic E-state index is -3.31. The van der Waals surface area contributed by atoms with Crippen LogP contribution in [-0.4, -0.2) is 41.2 Å². The monoisotopic (exact) mass is 585 g/mol. The molecular weight excluding hydrogens is 549 g/mol. The lowest BCUT2D eigenvalue weighted by atomic mass is 10.1. The number of unbranched alkanes of at least 4 members (excludes halogenated alkanes) is 1. The average molecular weight is 586 g/mol. The van der Waals surface area contributed by atoms with E-state index in [1.165, 1.54) is 0 Å². The molecule has 5 nitrogen and oxygen atoms in total. The van der Waals surface area contributed by atoms with Crippen molar-refractivity contribution in [1.29, 1.82) is 0 Å². The van der Waals surface area contributed by atoms with Crippen molar-refractivity contribution in [2.75, 3.05) is 12.3 Å². The minimum Gasteiger partial charge on any atom is -0.444 e. The van der Waals surface area contributed by atoms with E-state index < -0.39 is 15.4 Å². The number of alkyl halides is 1. The Morgan fingerprint density at radius 2 is 1.64 bits per heavy atom. The summed E-state index contributed by atoms with van der Waals surface area (Å²) in [7, 11) is -3.31. The van der Waals surface area contributed by atoms with Gasteiger partial charge in [0.15, 0.2) is 9.84 Å². The Labute approximate surface area is 213 Å². The van der Waals surface area contributed by atoms with Crippen LogP contribution in [0, 0.1) is 6.92 Å². The fourth-order valence-electron chi connectivity index (χ4n) is 3.49. The number of hydrogen-bond donors (Lipinski definition) is 0. The molecule has 1 unspecified atom stereocenters. The van der Waals surface area contributed by atoms with Gasteiger partial charge in [0.1, 0.15) is 5.60 Å². The molecule has 0 radical (unpaired) electrons. The Morgan fingerprint density at radius 3 is 2.21 bits per heavy atom. The maximum atomic E-state index is 12.9. The number of amides is 1. The molecule has 0 aliphatic carbocycles. The van der Waals surface area contributed by atoms with E-state index in [1.807, 2.05) is 77.1 Å². The van der Waals surface area contributed by atoms with Gasteiger partial charge in [-0.2, -0.15) is 0 Å². The van der Waals surface area contributed by atoms with Crippen LogP contribution in [0.5, 0.6) is 0 Å². The van der Waals surface area contributed by atoms with Crippen LogP contribution < -0.4 is 0 Å². The number of ether oxygens (including phenoxy) is 1. The standard InChI is InChI=1S/C26H36INO4S/c1-20-14-16-24(17-15-20)33(30,31)19-23(27)13-9-10-18-28(25(29)32-26(3,4)5)21(2)22-11-7-6-8-12-22/h6-8,11-12,14-17,21,23H,9-10,13,18-19H2,1-5H3/t21-,23?/m1/s1. The van der Waals surface area contributed by atoms with E-state index in [9.17, 15) is 13.2 Å². The maximum absolute atomic E-state index is 12.9. The van der Waals surface area contributed by atoms with Crippen molar-refractivity contribution in [3.8, 4) is 0 Å². The van der Waals surface area contributed by atoms with Crippen LogP contribution in [0.2, 0.25) is 0 Å². The first-order chi connectivity index (χ1) is 15.4. The number of nitrogens with zero attached hydrogens (tertiary/aromatic N) is 1. The summed E-state index contributed by atoms with van der Waals surface area (Å²) in [4.78, 5) is 15.0. The number of benzene rings is 2. The summed E-state index contributed by atoms with van der Waals surface area (Å²) in [6.07, 6.45) is 2.05. The van der Waals surface area contributed by atoms with Gasteiger partial charge in [0, 0.05) is 10.5 Å². The Balaban J connectivity index is 1.94. The zero-order valence-corrected chi connectivity index (χ0v) is 23.2. The lowest BCUT2D eigenvalue weighted by molar-refractivity contribution is 0.0169. The quantitative estimate of drug-likeness (QED) is 0.176. The number of aryl methyl sites for hydroxylation is 1. The normalized spacial score (nSPS) is 13.9. The third-order valence-electron chi connectivity index (χ3n) is 5.32. The van der Waals surface area contributed by atoms with Crippen molar-refractivity contribution in [3.05, 3.63) is 65.7 Å². The molecule has 0 fully saturated rings. The van der Waals surface area contributed by atoms with Crippen LogP contribution in [0.25, 0.3) is 0 Å². The molecule has 0 spiro atoms. The van der Waals surface area contributed by atoms with Gasteiger partial charge in [-0.15, -0.1) is 0 Å². The highest BCUT2D eigenvalue weighted by Crippen LogP contribution is 2.24. The second-order valence-corrected chi connectivity index (χ2v) is 13.2. The predicted octanol–water partition coefficient (Wildman–Crippen LogP) is 6.74. The molecule has 2 aromatic carbocycles. The minimum absolute atomic E-state index is 0.00965. The molecule has 0 aliphatic heterocycles. The molecule has 0 saturated heterocycles. The van der Waals surface area contributed by atoms with Crippen molar-refractivity contribution in [3.63, 3.8) is 0 Å². The third-order valence-corrected chi connectivity index (χ3v) is 8.82. The van der Waals surface area contributed by atoms with Gasteiger partial charge in [0.05, 0.1) is 16.7 Å². The van der Waals surface area contributed by atoms with Crippen molar-refractivity contribution in [2.45, 2.75) is 74.3 Å². The summed E-state index contributed by atoms with van der Waals surface area (Å²) in [5.74, 6) is 0.118. The molecule has 2 rings (SSSR count). The first-order valence-corrected chi connectivity index (χ1v) is 14.3. The van der Waals surface area contributed by atoms with Crippen LogP contribution >= 0.6 is 22.6 Å². The van der Waals surface area contributed by atoms with Gasteiger partial charge in [-0.3, -0.25) is 0 Å². The van der Waals surface area contributed by atoms with Gasteiger partial charge in [-0.1, -0.05) is 77.0 Å². The molecule has 33 heavy (non-hydrogen) atoms. The number of sulfone groups is 1. The topological polar surface area (TPSA) is 63.7 Å². The molecule has 1 amide bonds. The van der Waals surface area contributed by atoms with Crippen LogP contribution in [-0.2, 0) is 14.6 Å². The average Bonchev–Trinajstić information content (AvgIpc) is 2.72. The molecule has 2 aromatic rings. The van der Waals surface area contributed by atoms with Crippen LogP contribution in [0.4, 0.5) is 4.79 Å². The van der Waals surface area contributed by atoms with Crippen molar-refractivity contribution >= 4 is 38.5 Å².